The maximum atomic E-state index is 12.1. The Morgan fingerprint density at radius 1 is 1.40 bits per heavy atom. The van der Waals surface area contributed by atoms with Crippen molar-refractivity contribution in [3.05, 3.63) is 29.3 Å². The molecule has 1 aromatic rings. The zero-order valence-electron chi connectivity index (χ0n) is 12.3. The smallest absolute Gasteiger partial charge is 0.301 e. The van der Waals surface area contributed by atoms with Gasteiger partial charge in [-0.1, -0.05) is 11.8 Å². The molecular weight excluding hydrogens is 274 g/mol. The van der Waals surface area contributed by atoms with Crippen molar-refractivity contribution in [1.82, 2.24) is 4.31 Å². The zero-order valence-corrected chi connectivity index (χ0v) is 13.1. The molecule has 0 aliphatic heterocycles. The maximum absolute atomic E-state index is 12.1. The lowest BCUT2D eigenvalue weighted by Gasteiger charge is -2.22. The number of nitrogens with zero attached hydrogens (tertiary/aromatic N) is 1. The highest BCUT2D eigenvalue weighted by molar-refractivity contribution is 7.90. The van der Waals surface area contributed by atoms with E-state index in [0.717, 1.165) is 11.1 Å². The van der Waals surface area contributed by atoms with Crippen LogP contribution in [-0.4, -0.2) is 32.4 Å². The van der Waals surface area contributed by atoms with Crippen LogP contribution in [0.25, 0.3) is 0 Å². The van der Waals surface area contributed by atoms with Crippen molar-refractivity contribution in [2.75, 3.05) is 18.3 Å². The van der Waals surface area contributed by atoms with E-state index in [0.29, 0.717) is 12.2 Å². The average Bonchev–Trinajstić information content (AvgIpc) is 2.38. The molecule has 5 nitrogen and oxygen atoms in total. The van der Waals surface area contributed by atoms with E-state index in [4.69, 9.17) is 5.73 Å². The van der Waals surface area contributed by atoms with E-state index in [-0.39, 0.29) is 6.04 Å². The number of benzene rings is 1. The quantitative estimate of drug-likeness (QED) is 0.822. The van der Waals surface area contributed by atoms with Crippen LogP contribution in [0.5, 0.6) is 0 Å². The minimum Gasteiger partial charge on any atom is -0.320 e. The van der Waals surface area contributed by atoms with Crippen LogP contribution in [0.15, 0.2) is 18.2 Å². The Morgan fingerprint density at radius 3 is 2.55 bits per heavy atom. The van der Waals surface area contributed by atoms with E-state index in [1.807, 2.05) is 26.8 Å². The molecule has 0 atom stereocenters. The molecule has 0 fully saturated rings. The number of rotatable bonds is 4. The first-order chi connectivity index (χ1) is 9.27. The summed E-state index contributed by atoms with van der Waals surface area (Å²) in [4.78, 5) is 0. The molecule has 110 valence electrons. The van der Waals surface area contributed by atoms with Gasteiger partial charge in [0.15, 0.2) is 0 Å². The molecule has 0 aromatic heterocycles. The summed E-state index contributed by atoms with van der Waals surface area (Å²) >= 11 is 0. The molecule has 0 bridgehead atoms. The summed E-state index contributed by atoms with van der Waals surface area (Å²) < 4.78 is 28.1. The highest BCUT2D eigenvalue weighted by Crippen LogP contribution is 2.19. The summed E-state index contributed by atoms with van der Waals surface area (Å²) in [5.41, 5.74) is 7.50. The first-order valence-electron chi connectivity index (χ1n) is 6.33. The summed E-state index contributed by atoms with van der Waals surface area (Å²) in [6.45, 7) is 5.77. The molecule has 0 aliphatic rings. The van der Waals surface area contributed by atoms with Crippen LogP contribution in [0.3, 0.4) is 0 Å². The van der Waals surface area contributed by atoms with Crippen molar-refractivity contribution in [2.45, 2.75) is 26.8 Å². The van der Waals surface area contributed by atoms with Gasteiger partial charge in [0, 0.05) is 18.7 Å². The molecule has 1 rings (SSSR count). The van der Waals surface area contributed by atoms with Gasteiger partial charge in [-0.2, -0.15) is 12.7 Å². The topological polar surface area (TPSA) is 75.4 Å². The van der Waals surface area contributed by atoms with Gasteiger partial charge in [-0.3, -0.25) is 4.72 Å². The number of hydrogen-bond donors (Lipinski definition) is 2. The largest absolute Gasteiger partial charge is 0.320 e. The van der Waals surface area contributed by atoms with Crippen molar-refractivity contribution in [3.8, 4) is 11.8 Å². The van der Waals surface area contributed by atoms with E-state index >= 15 is 0 Å². The lowest BCUT2D eigenvalue weighted by atomic mass is 10.1. The molecular formula is C14H21N3O2S. The Hall–Kier alpha value is -1.55. The Morgan fingerprint density at radius 2 is 2.05 bits per heavy atom. The summed E-state index contributed by atoms with van der Waals surface area (Å²) in [5, 5.41) is 0. The number of hydrogen-bond acceptors (Lipinski definition) is 3. The van der Waals surface area contributed by atoms with Gasteiger partial charge in [-0.25, -0.2) is 0 Å². The summed E-state index contributed by atoms with van der Waals surface area (Å²) in [6, 6.07) is 5.20. The van der Waals surface area contributed by atoms with Gasteiger partial charge in [0.25, 0.3) is 0 Å². The van der Waals surface area contributed by atoms with Gasteiger partial charge in [0.05, 0.1) is 12.2 Å². The first kappa shape index (κ1) is 16.5. The normalized spacial score (nSPS) is 11.3. The average molecular weight is 295 g/mol. The van der Waals surface area contributed by atoms with Crippen molar-refractivity contribution >= 4 is 15.9 Å². The molecule has 0 saturated carbocycles. The van der Waals surface area contributed by atoms with Gasteiger partial charge in [0.2, 0.25) is 0 Å². The summed E-state index contributed by atoms with van der Waals surface area (Å²) in [5.74, 6) is 5.68. The van der Waals surface area contributed by atoms with Crippen LogP contribution in [-0.2, 0) is 10.2 Å². The summed E-state index contributed by atoms with van der Waals surface area (Å²) in [7, 11) is -1.99. The third-order valence-corrected chi connectivity index (χ3v) is 4.56. The Bertz CT molecular complexity index is 628. The summed E-state index contributed by atoms with van der Waals surface area (Å²) in [6.07, 6.45) is 0. The lowest BCUT2D eigenvalue weighted by molar-refractivity contribution is 0.414. The predicted octanol–water partition coefficient (Wildman–Crippen LogP) is 1.30. The SMILES string of the molecule is Cc1cc(C#CCN)ccc1NS(=O)(=O)N(C)C(C)C. The van der Waals surface area contributed by atoms with Crippen molar-refractivity contribution in [3.63, 3.8) is 0 Å². The Kier molecular flexibility index (Phi) is 5.57. The molecule has 3 N–H and O–H groups in total. The molecule has 0 unspecified atom stereocenters. The predicted molar refractivity (Wildman–Crippen MR) is 82.6 cm³/mol. The van der Waals surface area contributed by atoms with Crippen LogP contribution in [0.2, 0.25) is 0 Å². The second-order valence-electron chi connectivity index (χ2n) is 4.75. The number of aryl methyl sites for hydroxylation is 1. The van der Waals surface area contributed by atoms with Crippen LogP contribution < -0.4 is 10.5 Å². The Labute approximate surface area is 121 Å². The molecule has 20 heavy (non-hydrogen) atoms. The van der Waals surface area contributed by atoms with Crippen LogP contribution in [0, 0.1) is 18.8 Å². The molecule has 0 spiro atoms. The fraction of sp³-hybridized carbons (Fsp3) is 0.429. The number of nitrogens with one attached hydrogen (secondary N) is 1. The van der Waals surface area contributed by atoms with Crippen LogP contribution in [0.4, 0.5) is 5.69 Å². The third kappa shape index (κ3) is 4.23. The van der Waals surface area contributed by atoms with Gasteiger partial charge in [-0.05, 0) is 44.5 Å². The maximum Gasteiger partial charge on any atom is 0.301 e. The molecule has 1 aromatic carbocycles. The van der Waals surface area contributed by atoms with E-state index in [1.165, 1.54) is 4.31 Å². The minimum absolute atomic E-state index is 0.109. The van der Waals surface area contributed by atoms with Gasteiger partial charge < -0.3 is 5.73 Å². The van der Waals surface area contributed by atoms with Gasteiger partial charge in [-0.15, -0.1) is 0 Å². The van der Waals surface area contributed by atoms with Crippen molar-refractivity contribution < 1.29 is 8.42 Å². The number of anilines is 1. The minimum atomic E-state index is -3.54. The van der Waals surface area contributed by atoms with Gasteiger partial charge >= 0.3 is 10.2 Å². The van der Waals surface area contributed by atoms with Crippen LogP contribution in [0.1, 0.15) is 25.0 Å². The first-order valence-corrected chi connectivity index (χ1v) is 7.77. The monoisotopic (exact) mass is 295 g/mol. The molecule has 0 amide bonds. The Balaban J connectivity index is 3.00. The van der Waals surface area contributed by atoms with E-state index in [1.54, 1.807) is 19.2 Å². The fourth-order valence-corrected chi connectivity index (χ4v) is 2.70. The standard InChI is InChI=1S/C14H21N3O2S/c1-11(2)17(4)20(18,19)16-14-8-7-13(6-5-9-15)10-12(14)3/h7-8,10-11,16H,9,15H2,1-4H3. The molecule has 0 radical (unpaired) electrons. The number of nitrogens with two attached hydrogens (primary N) is 1. The van der Waals surface area contributed by atoms with E-state index < -0.39 is 10.2 Å². The van der Waals surface area contributed by atoms with Crippen LogP contribution >= 0.6 is 0 Å². The van der Waals surface area contributed by atoms with E-state index in [2.05, 4.69) is 16.6 Å². The molecule has 0 saturated heterocycles. The van der Waals surface area contributed by atoms with Gasteiger partial charge in [0.1, 0.15) is 0 Å². The fourth-order valence-electron chi connectivity index (χ4n) is 1.50. The second-order valence-corrected chi connectivity index (χ2v) is 6.48. The molecule has 0 heterocycles. The highest BCUT2D eigenvalue weighted by atomic mass is 32.2. The molecule has 6 heteroatoms. The second kappa shape index (κ2) is 6.75. The zero-order chi connectivity index (χ0) is 15.3. The van der Waals surface area contributed by atoms with E-state index in [9.17, 15) is 8.42 Å². The third-order valence-electron chi connectivity index (χ3n) is 2.91. The van der Waals surface area contributed by atoms with Crippen molar-refractivity contribution in [2.24, 2.45) is 5.73 Å². The van der Waals surface area contributed by atoms with Crippen molar-refractivity contribution in [1.29, 1.82) is 0 Å². The lowest BCUT2D eigenvalue weighted by Crippen LogP contribution is -2.37. The molecule has 0 aliphatic carbocycles. The highest BCUT2D eigenvalue weighted by Gasteiger charge is 2.20.